The van der Waals surface area contributed by atoms with Crippen LogP contribution in [0.3, 0.4) is 0 Å². The van der Waals surface area contributed by atoms with Crippen LogP contribution < -0.4 is 11.3 Å². The van der Waals surface area contributed by atoms with E-state index in [1.165, 1.54) is 0 Å². The molecule has 1 rings (SSSR count). The molecule has 1 aromatic heterocycles. The number of ether oxygens (including phenoxy) is 1. The van der Waals surface area contributed by atoms with Crippen molar-refractivity contribution in [3.63, 3.8) is 0 Å². The van der Waals surface area contributed by atoms with Crippen molar-refractivity contribution in [2.24, 2.45) is 5.84 Å². The maximum Gasteiger partial charge on any atom is 0.0931 e. The highest BCUT2D eigenvalue weighted by molar-refractivity contribution is 5.07. The normalized spacial score (nSPS) is 14.0. The fraction of sp³-hybridized carbons (Fsp3) is 0.556. The van der Waals surface area contributed by atoms with Crippen molar-refractivity contribution in [3.05, 3.63) is 24.3 Å². The topological polar surface area (TPSA) is 73.1 Å². The third kappa shape index (κ3) is 2.25. The average Bonchev–Trinajstić information content (AvgIpc) is 2.20. The summed E-state index contributed by atoms with van der Waals surface area (Å²) in [4.78, 5) is 8.17. The van der Waals surface area contributed by atoms with Gasteiger partial charge >= 0.3 is 0 Å². The molecule has 1 atom stereocenters. The largest absolute Gasteiger partial charge is 0.377 e. The molecule has 0 aliphatic heterocycles. The first-order valence-corrected chi connectivity index (χ1v) is 4.39. The van der Waals surface area contributed by atoms with Gasteiger partial charge < -0.3 is 4.74 Å². The van der Waals surface area contributed by atoms with Crippen LogP contribution in [0.5, 0.6) is 0 Å². The minimum Gasteiger partial charge on any atom is -0.377 e. The van der Waals surface area contributed by atoms with E-state index in [0.29, 0.717) is 0 Å². The van der Waals surface area contributed by atoms with Crippen LogP contribution in [0.4, 0.5) is 0 Å². The lowest BCUT2D eigenvalue weighted by atomic mass is 9.96. The highest BCUT2D eigenvalue weighted by atomic mass is 16.5. The molecular formula is C9H16N4O. The van der Waals surface area contributed by atoms with E-state index < -0.39 is 5.60 Å². The Morgan fingerprint density at radius 1 is 1.50 bits per heavy atom. The van der Waals surface area contributed by atoms with Crippen LogP contribution >= 0.6 is 0 Å². The third-order valence-electron chi connectivity index (χ3n) is 2.27. The van der Waals surface area contributed by atoms with E-state index in [-0.39, 0.29) is 6.04 Å². The third-order valence-corrected chi connectivity index (χ3v) is 2.27. The van der Waals surface area contributed by atoms with E-state index in [2.05, 4.69) is 15.4 Å². The second kappa shape index (κ2) is 4.45. The Labute approximate surface area is 83.7 Å². The summed E-state index contributed by atoms with van der Waals surface area (Å²) in [5.41, 5.74) is 3.02. The summed E-state index contributed by atoms with van der Waals surface area (Å²) < 4.78 is 5.33. The van der Waals surface area contributed by atoms with E-state index in [1.807, 2.05) is 13.8 Å². The van der Waals surface area contributed by atoms with Gasteiger partial charge in [-0.2, -0.15) is 0 Å². The summed E-state index contributed by atoms with van der Waals surface area (Å²) in [5, 5.41) is 0. The second-order valence-electron chi connectivity index (χ2n) is 3.54. The lowest BCUT2D eigenvalue weighted by molar-refractivity contribution is -0.0124. The van der Waals surface area contributed by atoms with Crippen LogP contribution in [0.25, 0.3) is 0 Å². The van der Waals surface area contributed by atoms with Crippen LogP contribution in [0.2, 0.25) is 0 Å². The number of nitrogens with one attached hydrogen (secondary N) is 1. The molecule has 14 heavy (non-hydrogen) atoms. The lowest BCUT2D eigenvalue weighted by Gasteiger charge is -2.31. The van der Waals surface area contributed by atoms with Crippen molar-refractivity contribution in [2.75, 3.05) is 7.11 Å². The Bertz CT molecular complexity index is 275. The molecule has 0 aliphatic carbocycles. The standard InChI is InChI=1S/C9H16N4O/c1-9(2,14-3)8(13-10)7-6-11-4-5-12-7/h4-6,8,13H,10H2,1-3H3. The maximum absolute atomic E-state index is 5.47. The summed E-state index contributed by atoms with van der Waals surface area (Å²) in [6.45, 7) is 3.87. The molecule has 1 aromatic rings. The van der Waals surface area contributed by atoms with Crippen LogP contribution in [0, 0.1) is 0 Å². The van der Waals surface area contributed by atoms with Gasteiger partial charge in [0.25, 0.3) is 0 Å². The van der Waals surface area contributed by atoms with Crippen LogP contribution in [-0.2, 0) is 4.74 Å². The molecule has 0 aromatic carbocycles. The molecule has 5 nitrogen and oxygen atoms in total. The highest BCUT2D eigenvalue weighted by Gasteiger charge is 2.30. The van der Waals surface area contributed by atoms with Crippen molar-refractivity contribution in [3.8, 4) is 0 Å². The van der Waals surface area contributed by atoms with E-state index in [9.17, 15) is 0 Å². The van der Waals surface area contributed by atoms with E-state index >= 15 is 0 Å². The average molecular weight is 196 g/mol. The smallest absolute Gasteiger partial charge is 0.0931 e. The summed E-state index contributed by atoms with van der Waals surface area (Å²) >= 11 is 0. The van der Waals surface area contributed by atoms with Crippen LogP contribution in [0.15, 0.2) is 18.6 Å². The van der Waals surface area contributed by atoms with Crippen molar-refractivity contribution < 1.29 is 4.74 Å². The minimum atomic E-state index is -0.426. The zero-order valence-electron chi connectivity index (χ0n) is 8.69. The quantitative estimate of drug-likeness (QED) is 0.539. The van der Waals surface area contributed by atoms with Gasteiger partial charge in [-0.25, -0.2) is 5.43 Å². The Kier molecular flexibility index (Phi) is 3.51. The molecule has 0 aliphatic rings. The maximum atomic E-state index is 5.47. The van der Waals surface area contributed by atoms with Crippen molar-refractivity contribution in [2.45, 2.75) is 25.5 Å². The van der Waals surface area contributed by atoms with Gasteiger partial charge in [0.15, 0.2) is 0 Å². The van der Waals surface area contributed by atoms with Crippen molar-refractivity contribution >= 4 is 0 Å². The molecule has 3 N–H and O–H groups in total. The summed E-state index contributed by atoms with van der Waals surface area (Å²) in [5.74, 6) is 5.47. The number of nitrogens with two attached hydrogens (primary N) is 1. The first-order chi connectivity index (χ1) is 6.61. The number of aromatic nitrogens is 2. The van der Waals surface area contributed by atoms with Gasteiger partial charge in [0.2, 0.25) is 0 Å². The molecule has 5 heteroatoms. The number of rotatable bonds is 4. The Hall–Kier alpha value is -1.04. The number of hydrazine groups is 1. The molecule has 1 unspecified atom stereocenters. The molecule has 1 heterocycles. The predicted octanol–water partition coefficient (Wildman–Crippen LogP) is 0.406. The molecule has 0 saturated carbocycles. The fourth-order valence-electron chi connectivity index (χ4n) is 1.22. The summed E-state index contributed by atoms with van der Waals surface area (Å²) in [6.07, 6.45) is 4.92. The first-order valence-electron chi connectivity index (χ1n) is 4.39. The molecule has 0 fully saturated rings. The number of methoxy groups -OCH3 is 1. The second-order valence-corrected chi connectivity index (χ2v) is 3.54. The molecular weight excluding hydrogens is 180 g/mol. The Morgan fingerprint density at radius 3 is 2.64 bits per heavy atom. The van der Waals surface area contributed by atoms with Gasteiger partial charge in [-0.1, -0.05) is 0 Å². The first kappa shape index (κ1) is 11.0. The van der Waals surface area contributed by atoms with Gasteiger partial charge in [-0.3, -0.25) is 15.8 Å². The van der Waals surface area contributed by atoms with E-state index in [4.69, 9.17) is 10.6 Å². The molecule has 0 saturated heterocycles. The predicted molar refractivity (Wildman–Crippen MR) is 53.2 cm³/mol. The summed E-state index contributed by atoms with van der Waals surface area (Å²) in [7, 11) is 1.64. The molecule has 78 valence electrons. The number of nitrogens with zero attached hydrogens (tertiary/aromatic N) is 2. The fourth-order valence-corrected chi connectivity index (χ4v) is 1.22. The molecule has 0 amide bonds. The van der Waals surface area contributed by atoms with Crippen LogP contribution in [-0.4, -0.2) is 22.7 Å². The van der Waals surface area contributed by atoms with Gasteiger partial charge in [0, 0.05) is 19.5 Å². The van der Waals surface area contributed by atoms with E-state index in [1.54, 1.807) is 25.7 Å². The Balaban J connectivity index is 2.93. The van der Waals surface area contributed by atoms with Gasteiger partial charge in [0.05, 0.1) is 23.5 Å². The SMILES string of the molecule is COC(C)(C)C(NN)c1cnccn1. The lowest BCUT2D eigenvalue weighted by Crippen LogP contribution is -2.44. The number of hydrogen-bond donors (Lipinski definition) is 2. The monoisotopic (exact) mass is 196 g/mol. The Morgan fingerprint density at radius 2 is 2.21 bits per heavy atom. The van der Waals surface area contributed by atoms with E-state index in [0.717, 1.165) is 5.69 Å². The van der Waals surface area contributed by atoms with Crippen LogP contribution in [0.1, 0.15) is 25.6 Å². The zero-order valence-corrected chi connectivity index (χ0v) is 8.69. The van der Waals surface area contributed by atoms with Gasteiger partial charge in [-0.15, -0.1) is 0 Å². The highest BCUT2D eigenvalue weighted by Crippen LogP contribution is 2.25. The zero-order chi connectivity index (χ0) is 10.6. The van der Waals surface area contributed by atoms with Crippen molar-refractivity contribution in [1.82, 2.24) is 15.4 Å². The summed E-state index contributed by atoms with van der Waals surface area (Å²) in [6, 6.07) is -0.179. The number of hydrogen-bond acceptors (Lipinski definition) is 5. The minimum absolute atomic E-state index is 0.179. The van der Waals surface area contributed by atoms with Gasteiger partial charge in [-0.05, 0) is 13.8 Å². The molecule has 0 radical (unpaired) electrons. The van der Waals surface area contributed by atoms with Gasteiger partial charge in [0.1, 0.15) is 0 Å². The van der Waals surface area contributed by atoms with Crippen molar-refractivity contribution in [1.29, 1.82) is 0 Å². The molecule has 0 spiro atoms. The molecule has 0 bridgehead atoms.